The molecule has 0 aromatic carbocycles. The number of hydrogen-bond donors (Lipinski definition) is 1. The van der Waals surface area contributed by atoms with Crippen molar-refractivity contribution in [2.45, 2.75) is 84.6 Å². The predicted molar refractivity (Wildman–Crippen MR) is 82.7 cm³/mol. The molecule has 1 fully saturated rings. The highest BCUT2D eigenvalue weighted by Gasteiger charge is 2.34. The van der Waals surface area contributed by atoms with E-state index in [2.05, 4.69) is 58.7 Å². The molecule has 0 saturated carbocycles. The minimum Gasteiger partial charge on any atom is -0.370 e. The Kier molecular flexibility index (Phi) is 5.84. The van der Waals surface area contributed by atoms with Crippen molar-refractivity contribution in [2.24, 2.45) is 0 Å². The third-order valence-electron chi connectivity index (χ3n) is 3.60. The summed E-state index contributed by atoms with van der Waals surface area (Å²) in [5.74, 6) is 0. The summed E-state index contributed by atoms with van der Waals surface area (Å²) in [4.78, 5) is 2.62. The van der Waals surface area contributed by atoms with Crippen LogP contribution in [0.4, 0.5) is 0 Å². The van der Waals surface area contributed by atoms with Crippen LogP contribution in [0.1, 0.15) is 61.3 Å². The Balaban J connectivity index is 2.64. The molecule has 1 rings (SSSR count). The molecule has 0 aromatic heterocycles. The van der Waals surface area contributed by atoms with Gasteiger partial charge in [-0.25, -0.2) is 0 Å². The van der Waals surface area contributed by atoms with E-state index >= 15 is 0 Å². The summed E-state index contributed by atoms with van der Waals surface area (Å²) in [6.07, 6.45) is 2.83. The lowest BCUT2D eigenvalue weighted by Crippen LogP contribution is -2.58. The zero-order chi connectivity index (χ0) is 14.7. The third-order valence-corrected chi connectivity index (χ3v) is 3.60. The molecule has 2 atom stereocenters. The lowest BCUT2D eigenvalue weighted by molar-refractivity contribution is -0.138. The Labute approximate surface area is 120 Å². The number of nitrogens with zero attached hydrogens (tertiary/aromatic N) is 1. The molecule has 3 nitrogen and oxygen atoms in total. The van der Waals surface area contributed by atoms with Gasteiger partial charge in [0.15, 0.2) is 0 Å². The molecule has 2 unspecified atom stereocenters. The van der Waals surface area contributed by atoms with E-state index in [1.807, 2.05) is 0 Å². The smallest absolute Gasteiger partial charge is 0.0757 e. The van der Waals surface area contributed by atoms with Gasteiger partial charge in [-0.05, 0) is 48.0 Å². The molecular weight excluding hydrogens is 236 g/mol. The van der Waals surface area contributed by atoms with Gasteiger partial charge in [0.05, 0.1) is 11.7 Å². The van der Waals surface area contributed by atoms with Gasteiger partial charge in [0, 0.05) is 31.2 Å². The molecule has 1 heterocycles. The Bertz CT molecular complexity index is 270. The first-order valence-electron chi connectivity index (χ1n) is 7.80. The molecule has 0 spiro atoms. The van der Waals surface area contributed by atoms with Gasteiger partial charge < -0.3 is 10.1 Å². The van der Waals surface area contributed by atoms with Crippen LogP contribution < -0.4 is 5.32 Å². The summed E-state index contributed by atoms with van der Waals surface area (Å²) < 4.78 is 6.02. The van der Waals surface area contributed by atoms with Crippen molar-refractivity contribution in [2.75, 3.05) is 19.6 Å². The molecule has 1 saturated heterocycles. The number of morpholine rings is 1. The van der Waals surface area contributed by atoms with Crippen LogP contribution >= 0.6 is 0 Å². The second-order valence-electron chi connectivity index (χ2n) is 7.69. The van der Waals surface area contributed by atoms with E-state index in [4.69, 9.17) is 4.74 Å². The van der Waals surface area contributed by atoms with E-state index < -0.39 is 0 Å². The second kappa shape index (κ2) is 6.55. The van der Waals surface area contributed by atoms with Crippen molar-refractivity contribution in [1.29, 1.82) is 0 Å². The standard InChI is InChI=1S/C16H34N2O/c1-8-9-14(10-17-15(3,4)5)18-11-13(2)19-16(6,7)12-18/h13-14,17H,8-12H2,1-7H3. The summed E-state index contributed by atoms with van der Waals surface area (Å²) >= 11 is 0. The Morgan fingerprint density at radius 3 is 2.47 bits per heavy atom. The van der Waals surface area contributed by atoms with Crippen molar-refractivity contribution in [3.63, 3.8) is 0 Å². The average molecular weight is 270 g/mol. The van der Waals surface area contributed by atoms with Gasteiger partial charge >= 0.3 is 0 Å². The minimum absolute atomic E-state index is 0.0224. The summed E-state index contributed by atoms with van der Waals surface area (Å²) in [7, 11) is 0. The Hall–Kier alpha value is -0.120. The molecule has 1 aliphatic heterocycles. The quantitative estimate of drug-likeness (QED) is 0.831. The van der Waals surface area contributed by atoms with E-state index in [0.29, 0.717) is 12.1 Å². The molecule has 19 heavy (non-hydrogen) atoms. The summed E-state index contributed by atoms with van der Waals surface area (Å²) in [6, 6.07) is 0.620. The van der Waals surface area contributed by atoms with E-state index in [0.717, 1.165) is 19.6 Å². The van der Waals surface area contributed by atoms with Crippen LogP contribution in [0.5, 0.6) is 0 Å². The summed E-state index contributed by atoms with van der Waals surface area (Å²) in [5.41, 5.74) is 0.171. The monoisotopic (exact) mass is 270 g/mol. The number of hydrogen-bond acceptors (Lipinski definition) is 3. The normalized spacial score (nSPS) is 26.4. The fourth-order valence-electron chi connectivity index (χ4n) is 2.95. The highest BCUT2D eigenvalue weighted by atomic mass is 16.5. The molecule has 1 aliphatic rings. The van der Waals surface area contributed by atoms with Crippen molar-refractivity contribution in [3.8, 4) is 0 Å². The van der Waals surface area contributed by atoms with Crippen LogP contribution in [-0.2, 0) is 4.74 Å². The van der Waals surface area contributed by atoms with Gasteiger partial charge in [-0.1, -0.05) is 13.3 Å². The first-order valence-corrected chi connectivity index (χ1v) is 7.80. The van der Waals surface area contributed by atoms with Gasteiger partial charge in [-0.3, -0.25) is 4.90 Å². The van der Waals surface area contributed by atoms with Crippen molar-refractivity contribution in [1.82, 2.24) is 10.2 Å². The first-order chi connectivity index (χ1) is 8.63. The highest BCUT2D eigenvalue weighted by Crippen LogP contribution is 2.23. The van der Waals surface area contributed by atoms with Gasteiger partial charge in [0.25, 0.3) is 0 Å². The number of nitrogens with one attached hydrogen (secondary N) is 1. The Morgan fingerprint density at radius 2 is 2.00 bits per heavy atom. The molecule has 0 aliphatic carbocycles. The molecule has 1 N–H and O–H groups in total. The highest BCUT2D eigenvalue weighted by molar-refractivity contribution is 4.88. The molecule has 0 amide bonds. The zero-order valence-electron chi connectivity index (χ0n) is 14.0. The SMILES string of the molecule is CCCC(CNC(C)(C)C)N1CC(C)OC(C)(C)C1. The van der Waals surface area contributed by atoms with Crippen LogP contribution in [0.3, 0.4) is 0 Å². The van der Waals surface area contributed by atoms with E-state index in [1.54, 1.807) is 0 Å². The first kappa shape index (κ1) is 16.9. The van der Waals surface area contributed by atoms with Crippen molar-refractivity contribution < 1.29 is 4.74 Å². The van der Waals surface area contributed by atoms with Crippen LogP contribution in [0.15, 0.2) is 0 Å². The third kappa shape index (κ3) is 6.24. The van der Waals surface area contributed by atoms with Crippen LogP contribution in [0.2, 0.25) is 0 Å². The second-order valence-corrected chi connectivity index (χ2v) is 7.69. The lowest BCUT2D eigenvalue weighted by Gasteiger charge is -2.45. The fraction of sp³-hybridized carbons (Fsp3) is 1.00. The number of rotatable bonds is 5. The summed E-state index contributed by atoms with van der Waals surface area (Å²) in [6.45, 7) is 18.7. The molecule has 3 heteroatoms. The largest absolute Gasteiger partial charge is 0.370 e. The van der Waals surface area contributed by atoms with E-state index in [1.165, 1.54) is 12.8 Å². The molecule has 0 radical (unpaired) electrons. The average Bonchev–Trinajstić information content (AvgIpc) is 2.19. The van der Waals surface area contributed by atoms with Crippen molar-refractivity contribution >= 4 is 0 Å². The number of ether oxygens (including phenoxy) is 1. The molecule has 0 aromatic rings. The topological polar surface area (TPSA) is 24.5 Å². The molecule has 0 bridgehead atoms. The maximum atomic E-state index is 6.02. The van der Waals surface area contributed by atoms with Crippen molar-refractivity contribution in [3.05, 3.63) is 0 Å². The summed E-state index contributed by atoms with van der Waals surface area (Å²) in [5, 5.41) is 3.66. The maximum absolute atomic E-state index is 6.02. The van der Waals surface area contributed by atoms with Gasteiger partial charge in [0.1, 0.15) is 0 Å². The van der Waals surface area contributed by atoms with Gasteiger partial charge in [-0.2, -0.15) is 0 Å². The lowest BCUT2D eigenvalue weighted by atomic mass is 10.0. The van der Waals surface area contributed by atoms with Gasteiger partial charge in [0.2, 0.25) is 0 Å². The van der Waals surface area contributed by atoms with Crippen LogP contribution in [0.25, 0.3) is 0 Å². The van der Waals surface area contributed by atoms with Gasteiger partial charge in [-0.15, -0.1) is 0 Å². The predicted octanol–water partition coefficient (Wildman–Crippen LogP) is 3.04. The Morgan fingerprint density at radius 1 is 1.37 bits per heavy atom. The fourth-order valence-corrected chi connectivity index (χ4v) is 2.95. The molecular formula is C16H34N2O. The van der Waals surface area contributed by atoms with Crippen LogP contribution in [-0.4, -0.2) is 47.8 Å². The van der Waals surface area contributed by atoms with Crippen LogP contribution in [0, 0.1) is 0 Å². The maximum Gasteiger partial charge on any atom is 0.0757 e. The zero-order valence-corrected chi connectivity index (χ0v) is 14.0. The molecule has 114 valence electrons. The van der Waals surface area contributed by atoms with E-state index in [9.17, 15) is 0 Å². The minimum atomic E-state index is -0.0224. The van der Waals surface area contributed by atoms with E-state index in [-0.39, 0.29) is 11.1 Å².